The zero-order valence-electron chi connectivity index (χ0n) is 13.1. The van der Waals surface area contributed by atoms with Crippen LogP contribution in [0.15, 0.2) is 53.5 Å². The molecule has 0 bridgehead atoms. The molecule has 0 radical (unpaired) electrons. The molecular weight excluding hydrogens is 314 g/mol. The van der Waals surface area contributed by atoms with E-state index in [1.54, 1.807) is 24.4 Å². The number of fused-ring (bicyclic) bond motifs is 1. The van der Waals surface area contributed by atoms with E-state index in [0.717, 1.165) is 0 Å². The van der Waals surface area contributed by atoms with E-state index in [1.165, 1.54) is 33.2 Å². The summed E-state index contributed by atoms with van der Waals surface area (Å²) in [4.78, 5) is 12.7. The zero-order valence-corrected chi connectivity index (χ0v) is 13.1. The molecule has 0 saturated heterocycles. The van der Waals surface area contributed by atoms with Crippen LogP contribution in [0.1, 0.15) is 25.3 Å². The number of rotatable bonds is 4. The second-order valence-corrected chi connectivity index (χ2v) is 5.49. The fraction of sp³-hybridized carbons (Fsp3) is 0.222. The maximum atomic E-state index is 13.0. The molecule has 2 aromatic heterocycles. The summed E-state index contributed by atoms with van der Waals surface area (Å²) in [5.74, 6) is -0.459. The third kappa shape index (κ3) is 2.64. The van der Waals surface area contributed by atoms with Crippen molar-refractivity contribution in [1.82, 2.24) is 4.40 Å². The Labute approximate surface area is 137 Å². The fourth-order valence-corrected chi connectivity index (χ4v) is 2.79. The molecule has 4 nitrogen and oxygen atoms in total. The van der Waals surface area contributed by atoms with Gasteiger partial charge in [-0.2, -0.15) is 4.40 Å². The summed E-state index contributed by atoms with van der Waals surface area (Å²) in [7, 11) is 0. The molecule has 0 aliphatic rings. The van der Waals surface area contributed by atoms with Gasteiger partial charge in [-0.15, -0.1) is 0 Å². The van der Waals surface area contributed by atoms with Crippen LogP contribution in [0.25, 0.3) is 16.8 Å². The van der Waals surface area contributed by atoms with Crippen molar-refractivity contribution in [3.63, 3.8) is 0 Å². The van der Waals surface area contributed by atoms with Gasteiger partial charge in [0.15, 0.2) is 0 Å². The number of benzene rings is 1. The van der Waals surface area contributed by atoms with Gasteiger partial charge in [-0.25, -0.2) is 18.1 Å². The van der Waals surface area contributed by atoms with Crippen LogP contribution in [0.3, 0.4) is 0 Å². The molecule has 0 saturated carbocycles. The molecule has 124 valence electrons. The molecule has 0 amide bonds. The Morgan fingerprint density at radius 3 is 2.71 bits per heavy atom. The SMILES string of the molecule is CCC[n+]1c([O-])c(-c2cccc(C(F)F)c2)c(=O)n2ccccc21. The fourth-order valence-electron chi connectivity index (χ4n) is 2.79. The largest absolute Gasteiger partial charge is 0.842 e. The third-order valence-corrected chi connectivity index (χ3v) is 3.88. The first-order chi connectivity index (χ1) is 11.5. The molecule has 0 aliphatic heterocycles. The van der Waals surface area contributed by atoms with Crippen molar-refractivity contribution >= 4 is 5.65 Å². The highest BCUT2D eigenvalue weighted by Crippen LogP contribution is 2.26. The van der Waals surface area contributed by atoms with Crippen molar-refractivity contribution in [2.75, 3.05) is 0 Å². The Balaban J connectivity index is 2.36. The van der Waals surface area contributed by atoms with Gasteiger partial charge in [0, 0.05) is 11.6 Å². The van der Waals surface area contributed by atoms with Gasteiger partial charge in [-0.1, -0.05) is 31.2 Å². The zero-order chi connectivity index (χ0) is 17.3. The lowest BCUT2D eigenvalue weighted by Gasteiger charge is -2.17. The average Bonchev–Trinajstić information content (AvgIpc) is 2.59. The van der Waals surface area contributed by atoms with Crippen molar-refractivity contribution in [3.05, 3.63) is 64.6 Å². The Morgan fingerprint density at radius 2 is 2.00 bits per heavy atom. The summed E-state index contributed by atoms with van der Waals surface area (Å²) >= 11 is 0. The van der Waals surface area contributed by atoms with Crippen LogP contribution in [-0.2, 0) is 6.54 Å². The van der Waals surface area contributed by atoms with Crippen LogP contribution >= 0.6 is 0 Å². The lowest BCUT2D eigenvalue weighted by Crippen LogP contribution is -2.43. The van der Waals surface area contributed by atoms with E-state index in [9.17, 15) is 18.7 Å². The second kappa shape index (κ2) is 6.39. The number of hydrogen-bond acceptors (Lipinski definition) is 2. The van der Waals surface area contributed by atoms with Gasteiger partial charge in [0.05, 0.1) is 18.6 Å². The third-order valence-electron chi connectivity index (χ3n) is 3.88. The van der Waals surface area contributed by atoms with Gasteiger partial charge in [-0.05, 0) is 24.1 Å². The predicted octanol–water partition coefficient (Wildman–Crippen LogP) is 2.68. The Kier molecular flexibility index (Phi) is 4.29. The molecule has 0 aliphatic carbocycles. The van der Waals surface area contributed by atoms with E-state index in [4.69, 9.17) is 0 Å². The Bertz CT molecular complexity index is 951. The van der Waals surface area contributed by atoms with E-state index >= 15 is 0 Å². The van der Waals surface area contributed by atoms with E-state index < -0.39 is 17.9 Å². The number of halogens is 2. The van der Waals surface area contributed by atoms with E-state index in [2.05, 4.69) is 0 Å². The predicted molar refractivity (Wildman–Crippen MR) is 84.0 cm³/mol. The van der Waals surface area contributed by atoms with Gasteiger partial charge in [0.1, 0.15) is 5.56 Å². The summed E-state index contributed by atoms with van der Waals surface area (Å²) in [6.45, 7) is 2.36. The van der Waals surface area contributed by atoms with Gasteiger partial charge in [0.2, 0.25) is 0 Å². The number of pyridine rings is 1. The summed E-state index contributed by atoms with van der Waals surface area (Å²) < 4.78 is 28.8. The first-order valence-electron chi connectivity index (χ1n) is 7.67. The summed E-state index contributed by atoms with van der Waals surface area (Å²) in [6.07, 6.45) is -0.380. The normalized spacial score (nSPS) is 11.3. The molecule has 0 unspecified atom stereocenters. The van der Waals surface area contributed by atoms with E-state index in [1.807, 2.05) is 6.92 Å². The average molecular weight is 330 g/mol. The van der Waals surface area contributed by atoms with Crippen LogP contribution < -0.4 is 15.2 Å². The minimum atomic E-state index is -2.66. The second-order valence-electron chi connectivity index (χ2n) is 5.49. The highest BCUT2D eigenvalue weighted by atomic mass is 19.3. The summed E-state index contributed by atoms with van der Waals surface area (Å²) in [6, 6.07) is 10.5. The van der Waals surface area contributed by atoms with E-state index in [-0.39, 0.29) is 16.7 Å². The van der Waals surface area contributed by atoms with Crippen molar-refractivity contribution < 1.29 is 18.5 Å². The molecule has 0 atom stereocenters. The molecule has 0 fully saturated rings. The van der Waals surface area contributed by atoms with Crippen LogP contribution in [0.4, 0.5) is 8.78 Å². The van der Waals surface area contributed by atoms with E-state index in [0.29, 0.717) is 18.6 Å². The highest BCUT2D eigenvalue weighted by molar-refractivity contribution is 5.67. The number of alkyl halides is 2. The molecule has 2 heterocycles. The molecule has 1 aromatic carbocycles. The minimum Gasteiger partial charge on any atom is -0.842 e. The summed E-state index contributed by atoms with van der Waals surface area (Å²) in [5, 5.41) is 12.8. The lowest BCUT2D eigenvalue weighted by atomic mass is 10.0. The van der Waals surface area contributed by atoms with Crippen LogP contribution in [0.5, 0.6) is 5.88 Å². The molecule has 3 rings (SSSR count). The first-order valence-corrected chi connectivity index (χ1v) is 7.67. The lowest BCUT2D eigenvalue weighted by molar-refractivity contribution is -0.715. The van der Waals surface area contributed by atoms with Gasteiger partial charge in [-0.3, -0.25) is 0 Å². The van der Waals surface area contributed by atoms with Crippen molar-refractivity contribution in [2.24, 2.45) is 0 Å². The standard InChI is InChI=1S/C18H16F2N2O2/c1-2-9-21-14-8-3-4-10-22(14)18(24)15(17(21)23)12-6-5-7-13(11-12)16(19)20/h3-8,10-11,16H,2,9H2,1H3. The topological polar surface area (TPSA) is 48.4 Å². The first kappa shape index (κ1) is 16.1. The minimum absolute atomic E-state index is 0.0883. The van der Waals surface area contributed by atoms with Gasteiger partial charge >= 0.3 is 5.56 Å². The van der Waals surface area contributed by atoms with Crippen LogP contribution in [0, 0.1) is 0 Å². The van der Waals surface area contributed by atoms with Crippen LogP contribution in [0.2, 0.25) is 0 Å². The summed E-state index contributed by atoms with van der Waals surface area (Å²) in [5.41, 5.74) is -0.107. The monoisotopic (exact) mass is 330 g/mol. The number of aryl methyl sites for hydroxylation is 1. The molecular formula is C18H16F2N2O2. The highest BCUT2D eigenvalue weighted by Gasteiger charge is 2.20. The Hall–Kier alpha value is -2.76. The van der Waals surface area contributed by atoms with Crippen molar-refractivity contribution in [3.8, 4) is 17.0 Å². The number of nitrogens with zero attached hydrogens (tertiary/aromatic N) is 2. The molecule has 24 heavy (non-hydrogen) atoms. The number of aromatic nitrogens is 2. The molecule has 3 aromatic rings. The molecule has 0 N–H and O–H groups in total. The molecule has 0 spiro atoms. The van der Waals surface area contributed by atoms with Crippen LogP contribution in [-0.4, -0.2) is 4.40 Å². The number of hydrogen-bond donors (Lipinski definition) is 0. The Morgan fingerprint density at radius 1 is 1.21 bits per heavy atom. The van der Waals surface area contributed by atoms with Crippen molar-refractivity contribution in [2.45, 2.75) is 26.3 Å². The van der Waals surface area contributed by atoms with Crippen molar-refractivity contribution in [1.29, 1.82) is 0 Å². The van der Waals surface area contributed by atoms with Gasteiger partial charge in [0.25, 0.3) is 12.1 Å². The smallest absolute Gasteiger partial charge is 0.349 e. The maximum absolute atomic E-state index is 13.0. The maximum Gasteiger partial charge on any atom is 0.349 e. The quantitative estimate of drug-likeness (QED) is 0.691. The molecule has 6 heteroatoms. The van der Waals surface area contributed by atoms with Gasteiger partial charge < -0.3 is 5.11 Å².